The minimum atomic E-state index is -2.92. The van der Waals surface area contributed by atoms with Crippen LogP contribution in [0.3, 0.4) is 0 Å². The number of hydroxylamine groups is 2. The third-order valence-electron chi connectivity index (χ3n) is 8.44. The molecular weight excluding hydrogens is 695 g/mol. The van der Waals surface area contributed by atoms with E-state index in [1.54, 1.807) is 38.1 Å². The fourth-order valence-corrected chi connectivity index (χ4v) is 6.14. The van der Waals surface area contributed by atoms with Crippen LogP contribution in [-0.4, -0.2) is 79.8 Å². The van der Waals surface area contributed by atoms with Crippen LogP contribution in [0, 0.1) is 5.92 Å². The number of nitrogens with zero attached hydrogens (tertiary/aromatic N) is 2. The number of carbonyl (C=O) groups is 4. The molecule has 2 heterocycles. The molecule has 0 saturated carbocycles. The molecule has 0 bridgehead atoms. The first-order valence-electron chi connectivity index (χ1n) is 17.3. The lowest BCUT2D eigenvalue weighted by molar-refractivity contribution is -0.171. The molecular formula is C36H46N4O11P+. The van der Waals surface area contributed by atoms with Gasteiger partial charge in [0.2, 0.25) is 12.3 Å². The Labute approximate surface area is 303 Å². The van der Waals surface area contributed by atoms with Crippen molar-refractivity contribution in [2.75, 3.05) is 44.5 Å². The monoisotopic (exact) mass is 741 g/mol. The van der Waals surface area contributed by atoms with Gasteiger partial charge in [0.25, 0.3) is 5.91 Å². The van der Waals surface area contributed by atoms with Crippen LogP contribution in [0.5, 0.6) is 11.5 Å². The van der Waals surface area contributed by atoms with Crippen LogP contribution in [0.15, 0.2) is 59.0 Å². The van der Waals surface area contributed by atoms with Gasteiger partial charge in [0, 0.05) is 35.0 Å². The molecule has 16 heteroatoms. The lowest BCUT2D eigenvalue weighted by Gasteiger charge is -2.32. The number of morpholine rings is 1. The molecule has 3 amide bonds. The molecule has 2 aromatic carbocycles. The summed E-state index contributed by atoms with van der Waals surface area (Å²) in [6.07, 6.45) is 3.61. The van der Waals surface area contributed by atoms with Gasteiger partial charge >= 0.3 is 14.2 Å². The first-order valence-corrected chi connectivity index (χ1v) is 18.5. The van der Waals surface area contributed by atoms with Gasteiger partial charge in [-0.3, -0.25) is 14.4 Å². The molecule has 3 atom stereocenters. The van der Waals surface area contributed by atoms with Gasteiger partial charge in [-0.15, -0.1) is 4.89 Å². The summed E-state index contributed by atoms with van der Waals surface area (Å²) in [6.45, 7) is 8.46. The molecule has 1 fully saturated rings. The van der Waals surface area contributed by atoms with Gasteiger partial charge in [-0.1, -0.05) is 33.1 Å². The van der Waals surface area contributed by atoms with E-state index < -0.39 is 38.0 Å². The lowest BCUT2D eigenvalue weighted by atomic mass is 9.90. The maximum atomic E-state index is 13.6. The van der Waals surface area contributed by atoms with Crippen LogP contribution in [0.2, 0.25) is 0 Å². The number of hydrogen-bond acceptors (Lipinski definition) is 11. The van der Waals surface area contributed by atoms with E-state index in [1.807, 2.05) is 19.1 Å². The molecule has 0 spiro atoms. The highest BCUT2D eigenvalue weighted by Crippen LogP contribution is 2.34. The van der Waals surface area contributed by atoms with Gasteiger partial charge in [0.1, 0.15) is 11.5 Å². The number of furan rings is 1. The quantitative estimate of drug-likeness (QED) is 0.0452. The van der Waals surface area contributed by atoms with E-state index in [0.717, 1.165) is 36.7 Å². The molecule has 4 rings (SSSR count). The molecule has 1 aliphatic rings. The average Bonchev–Trinajstić information content (AvgIpc) is 3.65. The summed E-state index contributed by atoms with van der Waals surface area (Å²) < 4.78 is 32.8. The number of benzene rings is 2. The van der Waals surface area contributed by atoms with Crippen LogP contribution in [0.25, 0.3) is 11.3 Å². The SMILES string of the molecule is CCCCCC(C(=O)NCNC(=O)c1ccc(-c2cc(OCC)cc(O[P+](=O)O)c2)o1)C(CC)N(C=O)OC(=O)c1ccc(N2CCOCC2)cc1. The number of anilines is 1. The zero-order valence-electron chi connectivity index (χ0n) is 29.6. The Kier molecular flexibility index (Phi) is 15.4. The topological polar surface area (TPSA) is 186 Å². The van der Waals surface area contributed by atoms with Crippen LogP contribution < -0.4 is 24.8 Å². The standard InChI is InChI=1S/C36H45N4O11P/c1-4-7-8-9-30(31(5-2)40(24-41)50-36(44)25-10-12-27(13-11-25)39-16-18-47-19-17-39)34(42)37-23-38-35(43)33-15-14-32(49-33)26-20-28(48-6-3)22-29(21-26)51-52(45)46/h10-15,20-22,24,30-31H,4-9,16-19,23H2,1-3H3,(H2-,37,38,42,43,45,46)/p+1. The lowest BCUT2D eigenvalue weighted by Crippen LogP contribution is -2.49. The van der Waals surface area contributed by atoms with Gasteiger partial charge in [-0.2, -0.15) is 5.06 Å². The molecule has 280 valence electrons. The maximum absolute atomic E-state index is 13.6. The smallest absolute Gasteiger partial charge is 0.494 e. The van der Waals surface area contributed by atoms with Crippen molar-refractivity contribution >= 4 is 38.1 Å². The number of rotatable bonds is 20. The molecule has 3 aromatic rings. The van der Waals surface area contributed by atoms with Crippen molar-refractivity contribution in [3.63, 3.8) is 0 Å². The number of unbranched alkanes of at least 4 members (excludes halogenated alkanes) is 2. The predicted octanol–water partition coefficient (Wildman–Crippen LogP) is 5.22. The number of nitrogens with one attached hydrogen (secondary N) is 2. The largest absolute Gasteiger partial charge is 0.747 e. The van der Waals surface area contributed by atoms with Crippen LogP contribution in [0.4, 0.5) is 5.69 Å². The van der Waals surface area contributed by atoms with Crippen molar-refractivity contribution in [2.24, 2.45) is 5.92 Å². The van der Waals surface area contributed by atoms with Gasteiger partial charge in [-0.25, -0.2) is 9.32 Å². The average molecular weight is 742 g/mol. The number of carbonyl (C=O) groups excluding carboxylic acids is 4. The van der Waals surface area contributed by atoms with Crippen molar-refractivity contribution in [2.45, 2.75) is 58.9 Å². The van der Waals surface area contributed by atoms with Crippen molar-refractivity contribution in [1.29, 1.82) is 0 Å². The second-order valence-corrected chi connectivity index (χ2v) is 12.6. The summed E-state index contributed by atoms with van der Waals surface area (Å²) in [4.78, 5) is 68.7. The van der Waals surface area contributed by atoms with Gasteiger partial charge in [0.15, 0.2) is 11.5 Å². The summed E-state index contributed by atoms with van der Waals surface area (Å²) in [6, 6.07) is 13.7. The number of ether oxygens (including phenoxy) is 2. The summed E-state index contributed by atoms with van der Waals surface area (Å²) in [5.41, 5.74) is 1.64. The Morgan fingerprint density at radius 2 is 1.73 bits per heavy atom. The zero-order chi connectivity index (χ0) is 37.5. The molecule has 1 aliphatic heterocycles. The van der Waals surface area contributed by atoms with Crippen LogP contribution >= 0.6 is 8.25 Å². The maximum Gasteiger partial charge on any atom is 0.747 e. The summed E-state index contributed by atoms with van der Waals surface area (Å²) in [5.74, 6) is -1.84. The van der Waals surface area contributed by atoms with Crippen LogP contribution in [-0.2, 0) is 23.7 Å². The van der Waals surface area contributed by atoms with E-state index in [-0.39, 0.29) is 29.5 Å². The molecule has 3 unspecified atom stereocenters. The first kappa shape index (κ1) is 39.8. The minimum absolute atomic E-state index is 0.0512. The minimum Gasteiger partial charge on any atom is -0.494 e. The number of hydrogen-bond donors (Lipinski definition) is 3. The molecule has 0 radical (unpaired) electrons. The third-order valence-corrected chi connectivity index (χ3v) is 8.80. The molecule has 1 saturated heterocycles. The van der Waals surface area contributed by atoms with Gasteiger partial charge in [0.05, 0.1) is 44.0 Å². The summed E-state index contributed by atoms with van der Waals surface area (Å²) in [7, 11) is -2.92. The van der Waals surface area contributed by atoms with E-state index in [1.165, 1.54) is 18.2 Å². The van der Waals surface area contributed by atoms with Gasteiger partial charge in [-0.05, 0) is 68.3 Å². The van der Waals surface area contributed by atoms with E-state index in [0.29, 0.717) is 56.8 Å². The second-order valence-electron chi connectivity index (χ2n) is 11.9. The normalized spacial score (nSPS) is 14.1. The Morgan fingerprint density at radius 1 is 1.00 bits per heavy atom. The molecule has 3 N–H and O–H groups in total. The highest BCUT2D eigenvalue weighted by molar-refractivity contribution is 7.32. The summed E-state index contributed by atoms with van der Waals surface area (Å²) >= 11 is 0. The fraction of sp³-hybridized carbons (Fsp3) is 0.444. The Balaban J connectivity index is 1.38. The van der Waals surface area contributed by atoms with Crippen molar-refractivity contribution in [3.8, 4) is 22.8 Å². The van der Waals surface area contributed by atoms with Crippen molar-refractivity contribution < 1.29 is 51.9 Å². The fourth-order valence-electron chi connectivity index (χ4n) is 5.85. The Hall–Kier alpha value is -4.98. The van der Waals surface area contributed by atoms with Crippen molar-refractivity contribution in [1.82, 2.24) is 15.7 Å². The summed E-state index contributed by atoms with van der Waals surface area (Å²) in [5, 5.41) is 6.23. The Morgan fingerprint density at radius 3 is 2.38 bits per heavy atom. The Bertz CT molecular complexity index is 1660. The highest BCUT2D eigenvalue weighted by atomic mass is 31.1. The molecule has 1 aromatic heterocycles. The molecule has 15 nitrogen and oxygen atoms in total. The van der Waals surface area contributed by atoms with Gasteiger partial charge < -0.3 is 34.3 Å². The molecule has 52 heavy (non-hydrogen) atoms. The zero-order valence-corrected chi connectivity index (χ0v) is 30.5. The third kappa shape index (κ3) is 11.3. The predicted molar refractivity (Wildman–Crippen MR) is 191 cm³/mol. The highest BCUT2D eigenvalue weighted by Gasteiger charge is 2.34. The van der Waals surface area contributed by atoms with Crippen LogP contribution in [0.1, 0.15) is 73.8 Å². The van der Waals surface area contributed by atoms with Crippen molar-refractivity contribution in [3.05, 3.63) is 65.9 Å². The van der Waals surface area contributed by atoms with E-state index in [2.05, 4.69) is 15.5 Å². The number of amides is 3. The van der Waals surface area contributed by atoms with E-state index in [9.17, 15) is 28.6 Å². The second kappa shape index (κ2) is 20.2. The van der Waals surface area contributed by atoms with E-state index >= 15 is 0 Å². The molecule has 0 aliphatic carbocycles. The van der Waals surface area contributed by atoms with E-state index in [4.69, 9.17) is 23.3 Å². The first-order chi connectivity index (χ1) is 25.2.